The SMILES string of the molecule is O=C(N[C@@H]1CCS(=O)(=O)C1)c1ccccc1SCc1ccco1. The zero-order valence-corrected chi connectivity index (χ0v) is 14.0. The molecule has 1 aliphatic heterocycles. The van der Waals surface area contributed by atoms with Crippen molar-refractivity contribution in [3.63, 3.8) is 0 Å². The summed E-state index contributed by atoms with van der Waals surface area (Å²) in [6.07, 6.45) is 2.10. The van der Waals surface area contributed by atoms with Gasteiger partial charge in [-0.15, -0.1) is 11.8 Å². The molecule has 0 spiro atoms. The predicted octanol–water partition coefficient (Wildman–Crippen LogP) is 2.49. The summed E-state index contributed by atoms with van der Waals surface area (Å²) >= 11 is 1.52. The fourth-order valence-corrected chi connectivity index (χ4v) is 5.12. The van der Waals surface area contributed by atoms with Gasteiger partial charge in [-0.1, -0.05) is 12.1 Å². The first kappa shape index (κ1) is 16.1. The molecule has 0 aliphatic carbocycles. The lowest BCUT2D eigenvalue weighted by atomic mass is 10.2. The fourth-order valence-electron chi connectivity index (χ4n) is 2.50. The van der Waals surface area contributed by atoms with Gasteiger partial charge in [0.25, 0.3) is 5.91 Å². The number of thioether (sulfide) groups is 1. The molecule has 1 aliphatic rings. The van der Waals surface area contributed by atoms with Gasteiger partial charge in [0.05, 0.1) is 29.1 Å². The molecule has 1 N–H and O–H groups in total. The highest BCUT2D eigenvalue weighted by Gasteiger charge is 2.29. The summed E-state index contributed by atoms with van der Waals surface area (Å²) < 4.78 is 28.3. The average molecular weight is 351 g/mol. The van der Waals surface area contributed by atoms with Crippen molar-refractivity contribution in [3.05, 3.63) is 54.0 Å². The smallest absolute Gasteiger partial charge is 0.252 e. The minimum atomic E-state index is -3.01. The maximum absolute atomic E-state index is 12.5. The maximum Gasteiger partial charge on any atom is 0.252 e. The fraction of sp³-hybridized carbons (Fsp3) is 0.312. The number of amides is 1. The van der Waals surface area contributed by atoms with Gasteiger partial charge in [-0.25, -0.2) is 8.42 Å². The number of hydrogen-bond acceptors (Lipinski definition) is 5. The summed E-state index contributed by atoms with van der Waals surface area (Å²) in [5.74, 6) is 1.42. The first-order chi connectivity index (χ1) is 11.0. The van der Waals surface area contributed by atoms with Crippen LogP contribution in [0, 0.1) is 0 Å². The highest BCUT2D eigenvalue weighted by Crippen LogP contribution is 2.26. The van der Waals surface area contributed by atoms with E-state index in [1.807, 2.05) is 24.3 Å². The molecule has 2 aromatic rings. The average Bonchev–Trinajstić information content (AvgIpc) is 3.15. The van der Waals surface area contributed by atoms with Crippen molar-refractivity contribution < 1.29 is 17.6 Å². The minimum Gasteiger partial charge on any atom is -0.468 e. The van der Waals surface area contributed by atoms with Crippen LogP contribution in [0.15, 0.2) is 52.0 Å². The van der Waals surface area contributed by atoms with Crippen LogP contribution in [-0.2, 0) is 15.6 Å². The molecule has 0 radical (unpaired) electrons. The van der Waals surface area contributed by atoms with E-state index in [1.165, 1.54) is 11.8 Å². The van der Waals surface area contributed by atoms with Crippen molar-refractivity contribution in [2.75, 3.05) is 11.5 Å². The Bertz CT molecular complexity index is 784. The number of carbonyl (C=O) groups is 1. The molecular formula is C16H17NO4S2. The third kappa shape index (κ3) is 4.17. The number of furan rings is 1. The number of hydrogen-bond donors (Lipinski definition) is 1. The van der Waals surface area contributed by atoms with Gasteiger partial charge >= 0.3 is 0 Å². The van der Waals surface area contributed by atoms with Gasteiger partial charge in [0.2, 0.25) is 0 Å². The van der Waals surface area contributed by atoms with Crippen molar-refractivity contribution in [1.29, 1.82) is 0 Å². The van der Waals surface area contributed by atoms with E-state index >= 15 is 0 Å². The first-order valence-corrected chi connectivity index (χ1v) is 10.1. The summed E-state index contributed by atoms with van der Waals surface area (Å²) in [4.78, 5) is 13.3. The molecule has 7 heteroatoms. The lowest BCUT2D eigenvalue weighted by molar-refractivity contribution is 0.0938. The predicted molar refractivity (Wildman–Crippen MR) is 89.2 cm³/mol. The van der Waals surface area contributed by atoms with Gasteiger partial charge in [0, 0.05) is 10.9 Å². The Balaban J connectivity index is 1.68. The number of sulfone groups is 1. The Labute approximate surface area is 139 Å². The summed E-state index contributed by atoms with van der Waals surface area (Å²) in [5, 5.41) is 2.83. The van der Waals surface area contributed by atoms with Gasteiger partial charge in [0.1, 0.15) is 5.76 Å². The number of nitrogens with one attached hydrogen (secondary N) is 1. The zero-order chi connectivity index (χ0) is 16.3. The van der Waals surface area contributed by atoms with Crippen LogP contribution >= 0.6 is 11.8 Å². The Kier molecular flexibility index (Phi) is 4.77. The molecular weight excluding hydrogens is 334 g/mol. The van der Waals surface area contributed by atoms with Gasteiger partial charge in [-0.2, -0.15) is 0 Å². The third-order valence-corrected chi connectivity index (χ3v) is 6.51. The topological polar surface area (TPSA) is 76.4 Å². The molecule has 23 heavy (non-hydrogen) atoms. The molecule has 1 atom stereocenters. The molecule has 122 valence electrons. The summed E-state index contributed by atoms with van der Waals surface area (Å²) in [6, 6.07) is 10.7. The molecule has 3 rings (SSSR count). The molecule has 1 saturated heterocycles. The molecule has 1 aromatic heterocycles. The van der Waals surface area contributed by atoms with E-state index in [0.717, 1.165) is 10.7 Å². The lowest BCUT2D eigenvalue weighted by Crippen LogP contribution is -2.35. The van der Waals surface area contributed by atoms with Crippen LogP contribution in [-0.4, -0.2) is 31.9 Å². The van der Waals surface area contributed by atoms with E-state index in [2.05, 4.69) is 5.32 Å². The highest BCUT2D eigenvalue weighted by molar-refractivity contribution is 7.98. The number of carbonyl (C=O) groups excluding carboxylic acids is 1. The van der Waals surface area contributed by atoms with Crippen LogP contribution in [0.3, 0.4) is 0 Å². The molecule has 1 amide bonds. The monoisotopic (exact) mass is 351 g/mol. The Morgan fingerprint density at radius 3 is 2.78 bits per heavy atom. The van der Waals surface area contributed by atoms with E-state index in [-0.39, 0.29) is 23.5 Å². The Morgan fingerprint density at radius 2 is 2.09 bits per heavy atom. The molecule has 2 heterocycles. The van der Waals surface area contributed by atoms with Crippen LogP contribution < -0.4 is 5.32 Å². The van der Waals surface area contributed by atoms with Crippen molar-refractivity contribution in [3.8, 4) is 0 Å². The minimum absolute atomic E-state index is 0.0282. The zero-order valence-electron chi connectivity index (χ0n) is 12.4. The molecule has 0 unspecified atom stereocenters. The molecule has 5 nitrogen and oxygen atoms in total. The Hall–Kier alpha value is -1.73. The quantitative estimate of drug-likeness (QED) is 0.838. The standard InChI is InChI=1S/C16H17NO4S2/c18-16(17-12-7-9-23(19,20)11-12)14-5-1-2-6-15(14)22-10-13-4-3-8-21-13/h1-6,8,12H,7,9-11H2,(H,17,18)/t12-/m1/s1. The van der Waals surface area contributed by atoms with Crippen LogP contribution in [0.4, 0.5) is 0 Å². The highest BCUT2D eigenvalue weighted by atomic mass is 32.2. The second-order valence-corrected chi connectivity index (χ2v) is 8.68. The van der Waals surface area contributed by atoms with Crippen molar-refractivity contribution >= 4 is 27.5 Å². The van der Waals surface area contributed by atoms with Crippen LogP contribution in [0.2, 0.25) is 0 Å². The van der Waals surface area contributed by atoms with E-state index in [1.54, 1.807) is 18.4 Å². The Morgan fingerprint density at radius 1 is 1.26 bits per heavy atom. The molecule has 0 bridgehead atoms. The summed E-state index contributed by atoms with van der Waals surface area (Å²) in [7, 11) is -3.01. The first-order valence-electron chi connectivity index (χ1n) is 7.29. The number of rotatable bonds is 5. The summed E-state index contributed by atoms with van der Waals surface area (Å²) in [6.45, 7) is 0. The summed E-state index contributed by atoms with van der Waals surface area (Å²) in [5.41, 5.74) is 0.563. The van der Waals surface area contributed by atoms with Crippen molar-refractivity contribution in [1.82, 2.24) is 5.32 Å². The van der Waals surface area contributed by atoms with Gasteiger partial charge in [-0.05, 0) is 30.7 Å². The van der Waals surface area contributed by atoms with Crippen LogP contribution in [0.25, 0.3) is 0 Å². The lowest BCUT2D eigenvalue weighted by Gasteiger charge is -2.13. The third-order valence-electron chi connectivity index (χ3n) is 3.65. The van der Waals surface area contributed by atoms with Crippen LogP contribution in [0.5, 0.6) is 0 Å². The van der Waals surface area contributed by atoms with E-state index in [9.17, 15) is 13.2 Å². The number of benzene rings is 1. The van der Waals surface area contributed by atoms with Gasteiger partial charge in [0.15, 0.2) is 9.84 Å². The largest absolute Gasteiger partial charge is 0.468 e. The van der Waals surface area contributed by atoms with E-state index in [4.69, 9.17) is 4.42 Å². The molecule has 1 aromatic carbocycles. The van der Waals surface area contributed by atoms with Crippen molar-refractivity contribution in [2.45, 2.75) is 23.1 Å². The van der Waals surface area contributed by atoms with E-state index in [0.29, 0.717) is 17.7 Å². The van der Waals surface area contributed by atoms with Gasteiger partial charge < -0.3 is 9.73 Å². The van der Waals surface area contributed by atoms with Crippen molar-refractivity contribution in [2.24, 2.45) is 0 Å². The molecule has 0 saturated carbocycles. The van der Waals surface area contributed by atoms with E-state index < -0.39 is 9.84 Å². The second-order valence-electron chi connectivity index (χ2n) is 5.44. The molecule has 1 fully saturated rings. The maximum atomic E-state index is 12.5. The van der Waals surface area contributed by atoms with Gasteiger partial charge in [-0.3, -0.25) is 4.79 Å². The second kappa shape index (κ2) is 6.80. The normalized spacial score (nSPS) is 19.6. The van der Waals surface area contributed by atoms with Crippen LogP contribution in [0.1, 0.15) is 22.5 Å².